The normalized spacial score (nSPS) is 11.5. The summed E-state index contributed by atoms with van der Waals surface area (Å²) in [6.45, 7) is 6.14. The second kappa shape index (κ2) is 8.45. The second-order valence-electron chi connectivity index (χ2n) is 5.48. The Morgan fingerprint density at radius 2 is 1.92 bits per heavy atom. The van der Waals surface area contributed by atoms with Crippen LogP contribution in [0.4, 0.5) is 5.69 Å². The van der Waals surface area contributed by atoms with Crippen molar-refractivity contribution in [3.8, 4) is 0 Å². The predicted octanol–water partition coefficient (Wildman–Crippen LogP) is 4.22. The lowest BCUT2D eigenvalue weighted by atomic mass is 10.1. The number of nitrogens with one attached hydrogen (secondary N) is 2. The Morgan fingerprint density at radius 3 is 2.58 bits per heavy atom. The fraction of sp³-hybridized carbons (Fsp3) is 0.263. The third-order valence-corrected chi connectivity index (χ3v) is 3.86. The molecule has 0 fully saturated rings. The number of anilines is 1. The van der Waals surface area contributed by atoms with E-state index in [-0.39, 0.29) is 12.0 Å². The zero-order chi connectivity index (χ0) is 17.5. The van der Waals surface area contributed by atoms with Gasteiger partial charge in [-0.1, -0.05) is 36.4 Å². The minimum Gasteiger partial charge on any atom is -0.462 e. The molecule has 2 aromatic rings. The van der Waals surface area contributed by atoms with Gasteiger partial charge in [0.2, 0.25) is 0 Å². The van der Waals surface area contributed by atoms with Gasteiger partial charge in [-0.3, -0.25) is 0 Å². The van der Waals surface area contributed by atoms with Crippen molar-refractivity contribution in [3.05, 3.63) is 65.2 Å². The Kier molecular flexibility index (Phi) is 6.32. The van der Waals surface area contributed by atoms with E-state index in [0.717, 1.165) is 16.8 Å². The summed E-state index contributed by atoms with van der Waals surface area (Å²) in [5, 5.41) is 6.92. The molecule has 0 amide bonds. The minimum atomic E-state index is -0.336. The van der Waals surface area contributed by atoms with Crippen molar-refractivity contribution in [2.45, 2.75) is 26.8 Å². The zero-order valence-electron chi connectivity index (χ0n) is 14.1. The van der Waals surface area contributed by atoms with Crippen LogP contribution in [0.15, 0.2) is 48.5 Å². The molecule has 0 unspecified atom stereocenters. The Hall–Kier alpha value is -2.40. The van der Waals surface area contributed by atoms with E-state index in [1.54, 1.807) is 19.1 Å². The molecule has 2 rings (SSSR count). The molecule has 0 bridgehead atoms. The molecule has 126 valence electrons. The average Bonchev–Trinajstić information content (AvgIpc) is 2.57. The number of thiocarbonyl (C=S) groups is 1. The maximum absolute atomic E-state index is 11.9. The summed E-state index contributed by atoms with van der Waals surface area (Å²) >= 11 is 5.39. The molecule has 0 aromatic heterocycles. The summed E-state index contributed by atoms with van der Waals surface area (Å²) in [5.74, 6) is -0.336. The largest absolute Gasteiger partial charge is 0.462 e. The molecule has 2 N–H and O–H groups in total. The number of hydrogen-bond acceptors (Lipinski definition) is 3. The van der Waals surface area contributed by atoms with E-state index < -0.39 is 0 Å². The number of hydrogen-bond donors (Lipinski definition) is 2. The van der Waals surface area contributed by atoms with Gasteiger partial charge in [0, 0.05) is 5.69 Å². The summed E-state index contributed by atoms with van der Waals surface area (Å²) in [6, 6.07) is 15.5. The number of esters is 1. The third-order valence-electron chi connectivity index (χ3n) is 3.64. The molecule has 0 heterocycles. The van der Waals surface area contributed by atoms with Gasteiger partial charge in [-0.05, 0) is 56.2 Å². The standard InChI is InChI=1S/C19H22N2O2S/c1-4-23-18(22)16-11-10-13(2)17(12-16)21-19(24)20-14(3)15-8-6-5-7-9-15/h5-12,14H,4H2,1-3H3,(H2,20,21,24)/t14-/m1/s1. The van der Waals surface area contributed by atoms with Gasteiger partial charge in [0.1, 0.15) is 0 Å². The van der Waals surface area contributed by atoms with Crippen molar-refractivity contribution in [2.75, 3.05) is 11.9 Å². The molecular weight excluding hydrogens is 320 g/mol. The number of rotatable bonds is 5. The van der Waals surface area contributed by atoms with Crippen LogP contribution in [0.3, 0.4) is 0 Å². The number of carbonyl (C=O) groups excluding carboxylic acids is 1. The van der Waals surface area contributed by atoms with Crippen LogP contribution in [0, 0.1) is 6.92 Å². The van der Waals surface area contributed by atoms with E-state index in [1.165, 1.54) is 0 Å². The van der Waals surface area contributed by atoms with Gasteiger partial charge in [0.15, 0.2) is 5.11 Å². The zero-order valence-corrected chi connectivity index (χ0v) is 14.9. The Balaban J connectivity index is 2.05. The second-order valence-corrected chi connectivity index (χ2v) is 5.89. The van der Waals surface area contributed by atoms with Gasteiger partial charge in [0.05, 0.1) is 18.2 Å². The first kappa shape index (κ1) is 17.9. The highest BCUT2D eigenvalue weighted by atomic mass is 32.1. The van der Waals surface area contributed by atoms with Crippen molar-refractivity contribution in [1.29, 1.82) is 0 Å². The highest BCUT2D eigenvalue weighted by Crippen LogP contribution is 2.18. The Labute approximate surface area is 148 Å². The van der Waals surface area contributed by atoms with Crippen LogP contribution in [0.5, 0.6) is 0 Å². The smallest absolute Gasteiger partial charge is 0.338 e. The maximum atomic E-state index is 11.9. The summed E-state index contributed by atoms with van der Waals surface area (Å²) < 4.78 is 5.03. The fourth-order valence-electron chi connectivity index (χ4n) is 2.28. The van der Waals surface area contributed by atoms with Crippen LogP contribution in [0.1, 0.15) is 41.4 Å². The lowest BCUT2D eigenvalue weighted by molar-refractivity contribution is 0.0526. The minimum absolute atomic E-state index is 0.0831. The molecule has 24 heavy (non-hydrogen) atoms. The monoisotopic (exact) mass is 342 g/mol. The lowest BCUT2D eigenvalue weighted by Crippen LogP contribution is -2.31. The molecule has 2 aromatic carbocycles. The van der Waals surface area contributed by atoms with Crippen molar-refractivity contribution in [2.24, 2.45) is 0 Å². The maximum Gasteiger partial charge on any atom is 0.338 e. The molecule has 0 spiro atoms. The van der Waals surface area contributed by atoms with Crippen molar-refractivity contribution < 1.29 is 9.53 Å². The number of aryl methyl sites for hydroxylation is 1. The predicted molar refractivity (Wildman–Crippen MR) is 101 cm³/mol. The van der Waals surface area contributed by atoms with Gasteiger partial charge in [-0.2, -0.15) is 0 Å². The molecule has 0 saturated heterocycles. The highest BCUT2D eigenvalue weighted by molar-refractivity contribution is 7.80. The van der Waals surface area contributed by atoms with Crippen molar-refractivity contribution >= 4 is 29.0 Å². The van der Waals surface area contributed by atoms with Gasteiger partial charge in [-0.25, -0.2) is 4.79 Å². The molecule has 0 aliphatic heterocycles. The molecule has 0 radical (unpaired) electrons. The topological polar surface area (TPSA) is 50.4 Å². The molecule has 0 saturated carbocycles. The summed E-state index contributed by atoms with van der Waals surface area (Å²) in [7, 11) is 0. The number of ether oxygens (including phenoxy) is 1. The Morgan fingerprint density at radius 1 is 1.21 bits per heavy atom. The highest BCUT2D eigenvalue weighted by Gasteiger charge is 2.11. The first-order valence-corrected chi connectivity index (χ1v) is 8.32. The van der Waals surface area contributed by atoms with Crippen molar-refractivity contribution in [3.63, 3.8) is 0 Å². The fourth-order valence-corrected chi connectivity index (χ4v) is 2.56. The quantitative estimate of drug-likeness (QED) is 0.629. The van der Waals surface area contributed by atoms with E-state index in [4.69, 9.17) is 17.0 Å². The summed E-state index contributed by atoms with van der Waals surface area (Å²) in [5.41, 5.74) is 3.44. The average molecular weight is 342 g/mol. The van der Waals surface area contributed by atoms with Crippen molar-refractivity contribution in [1.82, 2.24) is 5.32 Å². The number of benzene rings is 2. The molecule has 5 heteroatoms. The van der Waals surface area contributed by atoms with Gasteiger partial charge >= 0.3 is 5.97 Å². The molecule has 0 aliphatic carbocycles. The van der Waals surface area contributed by atoms with Crippen LogP contribution in [-0.4, -0.2) is 17.7 Å². The lowest BCUT2D eigenvalue weighted by Gasteiger charge is -2.18. The number of carbonyl (C=O) groups is 1. The van der Waals surface area contributed by atoms with E-state index in [2.05, 4.69) is 10.6 Å². The third kappa shape index (κ3) is 4.80. The van der Waals surface area contributed by atoms with Crippen LogP contribution < -0.4 is 10.6 Å². The van der Waals surface area contributed by atoms with E-state index >= 15 is 0 Å². The van der Waals surface area contributed by atoms with E-state index in [1.807, 2.05) is 50.2 Å². The SMILES string of the molecule is CCOC(=O)c1ccc(C)c(NC(=S)N[C@H](C)c2ccccc2)c1. The first-order chi connectivity index (χ1) is 11.5. The van der Waals surface area contributed by atoms with Gasteiger partial charge in [-0.15, -0.1) is 0 Å². The molecule has 1 atom stereocenters. The summed E-state index contributed by atoms with van der Waals surface area (Å²) in [6.07, 6.45) is 0. The van der Waals surface area contributed by atoms with E-state index in [9.17, 15) is 4.79 Å². The van der Waals surface area contributed by atoms with Gasteiger partial charge < -0.3 is 15.4 Å². The van der Waals surface area contributed by atoms with E-state index in [0.29, 0.717) is 17.3 Å². The van der Waals surface area contributed by atoms with Crippen LogP contribution in [-0.2, 0) is 4.74 Å². The molecule has 4 nitrogen and oxygen atoms in total. The van der Waals surface area contributed by atoms with Crippen LogP contribution in [0.2, 0.25) is 0 Å². The molecular formula is C19H22N2O2S. The van der Waals surface area contributed by atoms with Crippen LogP contribution >= 0.6 is 12.2 Å². The summed E-state index contributed by atoms with van der Waals surface area (Å²) in [4.78, 5) is 11.9. The Bertz CT molecular complexity index is 717. The molecule has 0 aliphatic rings. The van der Waals surface area contributed by atoms with Crippen LogP contribution in [0.25, 0.3) is 0 Å². The van der Waals surface area contributed by atoms with Gasteiger partial charge in [0.25, 0.3) is 0 Å². The first-order valence-electron chi connectivity index (χ1n) is 7.91.